The summed E-state index contributed by atoms with van der Waals surface area (Å²) in [5, 5.41) is 5.78. The van der Waals surface area contributed by atoms with Crippen LogP contribution in [0.4, 0.5) is 0 Å². The monoisotopic (exact) mass is 511 g/mol. The van der Waals surface area contributed by atoms with Gasteiger partial charge in [-0.25, -0.2) is 23.1 Å². The molecule has 0 aliphatic carbocycles. The van der Waals surface area contributed by atoms with E-state index >= 15 is 0 Å². The van der Waals surface area contributed by atoms with Crippen molar-refractivity contribution in [3.63, 3.8) is 0 Å². The van der Waals surface area contributed by atoms with Crippen LogP contribution in [0.5, 0.6) is 0 Å². The fourth-order valence-electron chi connectivity index (χ4n) is 4.29. The van der Waals surface area contributed by atoms with Crippen molar-refractivity contribution in [3.8, 4) is 11.1 Å². The largest absolute Gasteiger partial charge is 0.291 e. The number of benzene rings is 1. The van der Waals surface area contributed by atoms with Crippen LogP contribution in [0, 0.1) is 0 Å². The second-order valence-electron chi connectivity index (χ2n) is 8.78. The fraction of sp³-hybridized carbons (Fsp3) is 0.115. The number of nitrogens with zero attached hydrogens (tertiary/aromatic N) is 6. The number of aryl methyl sites for hydroxylation is 1. The van der Waals surface area contributed by atoms with E-state index in [0.29, 0.717) is 38.7 Å². The predicted octanol–water partition coefficient (Wildman–Crippen LogP) is 2.81. The molecular formula is C26H21N7O3S. The van der Waals surface area contributed by atoms with E-state index < -0.39 is 10.0 Å². The lowest BCUT2D eigenvalue weighted by atomic mass is 10.1. The number of sulfonamides is 1. The van der Waals surface area contributed by atoms with Gasteiger partial charge < -0.3 is 0 Å². The lowest BCUT2D eigenvalue weighted by molar-refractivity contribution is 0.580. The van der Waals surface area contributed by atoms with Crippen LogP contribution in [0.15, 0.2) is 84.4 Å². The van der Waals surface area contributed by atoms with Gasteiger partial charge in [-0.1, -0.05) is 18.2 Å². The van der Waals surface area contributed by atoms with Gasteiger partial charge in [-0.15, -0.1) is 0 Å². The van der Waals surface area contributed by atoms with E-state index in [2.05, 4.69) is 24.8 Å². The Labute approximate surface area is 211 Å². The van der Waals surface area contributed by atoms with Gasteiger partial charge in [0, 0.05) is 59.9 Å². The molecule has 1 N–H and O–H groups in total. The molecule has 0 atom stereocenters. The highest BCUT2D eigenvalue weighted by molar-refractivity contribution is 7.88. The van der Waals surface area contributed by atoms with Crippen molar-refractivity contribution >= 4 is 37.5 Å². The van der Waals surface area contributed by atoms with Gasteiger partial charge in [0.25, 0.3) is 0 Å². The minimum absolute atomic E-state index is 0.0362. The van der Waals surface area contributed by atoms with Crippen LogP contribution < -0.4 is 10.2 Å². The summed E-state index contributed by atoms with van der Waals surface area (Å²) in [6, 6.07) is 12.3. The molecule has 0 aliphatic heterocycles. The summed E-state index contributed by atoms with van der Waals surface area (Å²) < 4.78 is 31.7. The van der Waals surface area contributed by atoms with Gasteiger partial charge in [0.2, 0.25) is 15.8 Å². The summed E-state index contributed by atoms with van der Waals surface area (Å²) in [7, 11) is -1.87. The first-order valence-corrected chi connectivity index (χ1v) is 13.1. The number of hydrogen-bond acceptors (Lipinski definition) is 7. The summed E-state index contributed by atoms with van der Waals surface area (Å²) in [5.74, 6) is 0.222. The number of nitrogens with one attached hydrogen (secondary N) is 1. The standard InChI is InChI=1S/C26H21N7O3S/c1-32-14-20(12-29-32)19-10-23-24(28-11-19)6-5-18-4-3-17(9-22(18)25(23)34)16-37(35,36)30-13-21-15-33-8-2-7-27-26(33)31-21/h2-12,14-15,30H,13,16H2,1H3. The van der Waals surface area contributed by atoms with Gasteiger partial charge in [0.05, 0.1) is 29.7 Å². The maximum atomic E-state index is 13.5. The minimum Gasteiger partial charge on any atom is -0.291 e. The van der Waals surface area contributed by atoms with Gasteiger partial charge in [-0.2, -0.15) is 5.10 Å². The number of imidazole rings is 1. The number of fused-ring (bicyclic) bond motifs is 3. The van der Waals surface area contributed by atoms with Crippen molar-refractivity contribution in [1.29, 1.82) is 0 Å². The first-order chi connectivity index (χ1) is 17.8. The molecule has 2 aromatic carbocycles. The molecule has 10 nitrogen and oxygen atoms in total. The number of rotatable bonds is 6. The van der Waals surface area contributed by atoms with Crippen LogP contribution in [0.2, 0.25) is 0 Å². The van der Waals surface area contributed by atoms with Crippen LogP contribution in [0.3, 0.4) is 0 Å². The molecule has 0 unspecified atom stereocenters. The Hall–Kier alpha value is -4.48. The van der Waals surface area contributed by atoms with E-state index in [1.807, 2.05) is 19.3 Å². The van der Waals surface area contributed by atoms with Crippen molar-refractivity contribution in [2.45, 2.75) is 12.3 Å². The average Bonchev–Trinajstić information content (AvgIpc) is 3.49. The quantitative estimate of drug-likeness (QED) is 0.365. The summed E-state index contributed by atoms with van der Waals surface area (Å²) in [4.78, 5) is 26.5. The highest BCUT2D eigenvalue weighted by Gasteiger charge is 2.14. The molecule has 4 aromatic heterocycles. The number of hydrogen-bond donors (Lipinski definition) is 1. The Morgan fingerprint density at radius 2 is 1.84 bits per heavy atom. The molecular weight excluding hydrogens is 490 g/mol. The molecule has 184 valence electrons. The fourth-order valence-corrected chi connectivity index (χ4v) is 5.37. The van der Waals surface area contributed by atoms with E-state index in [1.54, 1.807) is 76.5 Å². The predicted molar refractivity (Wildman–Crippen MR) is 140 cm³/mol. The summed E-state index contributed by atoms with van der Waals surface area (Å²) in [5.41, 5.74) is 3.04. The third kappa shape index (κ3) is 4.57. The Bertz CT molecular complexity index is 1950. The third-order valence-corrected chi connectivity index (χ3v) is 7.40. The molecule has 4 heterocycles. The van der Waals surface area contributed by atoms with Crippen molar-refractivity contribution < 1.29 is 8.42 Å². The second kappa shape index (κ2) is 8.87. The number of pyridine rings is 1. The first-order valence-electron chi connectivity index (χ1n) is 11.5. The first kappa shape index (κ1) is 23.0. The topological polar surface area (TPSA) is 124 Å². The molecule has 0 aliphatic rings. The molecule has 37 heavy (non-hydrogen) atoms. The summed E-state index contributed by atoms with van der Waals surface area (Å²) >= 11 is 0. The van der Waals surface area contributed by atoms with Crippen LogP contribution >= 0.6 is 0 Å². The lowest BCUT2D eigenvalue weighted by Crippen LogP contribution is -2.24. The van der Waals surface area contributed by atoms with E-state index in [4.69, 9.17) is 0 Å². The van der Waals surface area contributed by atoms with Crippen molar-refractivity contribution in [2.75, 3.05) is 0 Å². The zero-order valence-corrected chi connectivity index (χ0v) is 20.6. The summed E-state index contributed by atoms with van der Waals surface area (Å²) in [6.45, 7) is 0.0362. The average molecular weight is 512 g/mol. The molecule has 11 heteroatoms. The maximum Gasteiger partial charge on any atom is 0.233 e. The van der Waals surface area contributed by atoms with E-state index in [9.17, 15) is 13.2 Å². The Balaban J connectivity index is 1.32. The molecule has 6 rings (SSSR count). The van der Waals surface area contributed by atoms with Gasteiger partial charge in [0.1, 0.15) is 0 Å². The van der Waals surface area contributed by atoms with Crippen LogP contribution in [0.1, 0.15) is 11.3 Å². The van der Waals surface area contributed by atoms with Gasteiger partial charge in [-0.05, 0) is 35.2 Å². The zero-order valence-electron chi connectivity index (χ0n) is 19.7. The minimum atomic E-state index is -3.69. The molecule has 0 saturated carbocycles. The van der Waals surface area contributed by atoms with E-state index in [0.717, 1.165) is 11.1 Å². The molecule has 0 amide bonds. The SMILES string of the molecule is Cn1cc(-c2cnc3ccc4ccc(CS(=O)(=O)NCc5cn6cccnc6n5)cc4c(=O)c3c2)cn1. The van der Waals surface area contributed by atoms with Crippen molar-refractivity contribution in [1.82, 2.24) is 33.9 Å². The normalized spacial score (nSPS) is 12.0. The zero-order chi connectivity index (χ0) is 25.6. The van der Waals surface area contributed by atoms with Gasteiger partial charge in [0.15, 0.2) is 5.43 Å². The Morgan fingerprint density at radius 3 is 2.65 bits per heavy atom. The van der Waals surface area contributed by atoms with Gasteiger partial charge in [-0.3, -0.25) is 18.9 Å². The highest BCUT2D eigenvalue weighted by Crippen LogP contribution is 2.22. The Kier molecular flexibility index (Phi) is 5.50. The number of aromatic nitrogens is 6. The lowest BCUT2D eigenvalue weighted by Gasteiger charge is -2.06. The third-order valence-electron chi connectivity index (χ3n) is 6.10. The van der Waals surface area contributed by atoms with Crippen LogP contribution in [-0.4, -0.2) is 37.6 Å². The molecule has 0 radical (unpaired) electrons. The van der Waals surface area contributed by atoms with Gasteiger partial charge >= 0.3 is 0 Å². The van der Waals surface area contributed by atoms with Crippen molar-refractivity contribution in [3.05, 3.63) is 101 Å². The van der Waals surface area contributed by atoms with E-state index in [1.165, 1.54) is 0 Å². The van der Waals surface area contributed by atoms with E-state index in [-0.39, 0.29) is 17.7 Å². The second-order valence-corrected chi connectivity index (χ2v) is 10.6. The highest BCUT2D eigenvalue weighted by atomic mass is 32.2. The Morgan fingerprint density at radius 1 is 0.973 bits per heavy atom. The summed E-state index contributed by atoms with van der Waals surface area (Å²) in [6.07, 6.45) is 10.4. The molecule has 6 aromatic rings. The molecule has 0 spiro atoms. The molecule has 0 bridgehead atoms. The van der Waals surface area contributed by atoms with Crippen LogP contribution in [-0.2, 0) is 29.4 Å². The molecule has 0 fully saturated rings. The molecule has 0 saturated heterocycles. The maximum absolute atomic E-state index is 13.5. The van der Waals surface area contributed by atoms with Crippen LogP contribution in [0.25, 0.3) is 38.6 Å². The van der Waals surface area contributed by atoms with Crippen molar-refractivity contribution in [2.24, 2.45) is 7.05 Å². The smallest absolute Gasteiger partial charge is 0.233 e.